The number of hydrogen-bond donors (Lipinski definition) is 2. The standard InChI is InChI=1S/C26H32N2O4/c1-25(2,12-13-29)31-18-26(3,4)32-22-15-21(16-27-17-22)28-24(30)14-20-10-7-9-19-8-5-6-11-23(19)20/h5-12,16,22,27H,14-15,17-18H2,1-4H3,(H,28,30). The SMILES string of the molecule is CC(C)(C=C=O)OCC(C)(C)OC1CNC=C(NC(=O)Cc2cccc3ccccc23)C1. The first kappa shape index (κ1) is 23.7. The molecule has 1 unspecified atom stereocenters. The Labute approximate surface area is 189 Å². The Morgan fingerprint density at radius 1 is 1.19 bits per heavy atom. The van der Waals surface area contributed by atoms with Crippen LogP contribution in [-0.4, -0.2) is 42.3 Å². The zero-order valence-electron chi connectivity index (χ0n) is 19.2. The molecule has 32 heavy (non-hydrogen) atoms. The normalized spacial score (nSPS) is 16.6. The van der Waals surface area contributed by atoms with Crippen molar-refractivity contribution in [2.24, 2.45) is 0 Å². The minimum Gasteiger partial charge on any atom is -0.387 e. The fourth-order valence-electron chi connectivity index (χ4n) is 3.73. The quantitative estimate of drug-likeness (QED) is 0.587. The number of rotatable bonds is 9. The molecule has 0 saturated heterocycles. The highest BCUT2D eigenvalue weighted by Gasteiger charge is 2.29. The van der Waals surface area contributed by atoms with Crippen LogP contribution in [0, 0.1) is 0 Å². The monoisotopic (exact) mass is 436 g/mol. The molecular formula is C26H32N2O4. The highest BCUT2D eigenvalue weighted by molar-refractivity contribution is 5.90. The third-order valence-corrected chi connectivity index (χ3v) is 5.28. The lowest BCUT2D eigenvalue weighted by Crippen LogP contribution is -2.44. The highest BCUT2D eigenvalue weighted by Crippen LogP contribution is 2.22. The molecule has 0 radical (unpaired) electrons. The average molecular weight is 437 g/mol. The molecule has 0 fully saturated rings. The van der Waals surface area contributed by atoms with E-state index in [1.165, 1.54) is 6.08 Å². The lowest BCUT2D eigenvalue weighted by Gasteiger charge is -2.35. The van der Waals surface area contributed by atoms with E-state index in [4.69, 9.17) is 9.47 Å². The fraction of sp³-hybridized carbons (Fsp3) is 0.423. The second kappa shape index (κ2) is 10.1. The molecule has 3 rings (SSSR count). The molecule has 0 aliphatic carbocycles. The number of hydrogen-bond acceptors (Lipinski definition) is 5. The first-order chi connectivity index (χ1) is 15.2. The third kappa shape index (κ3) is 6.79. The van der Waals surface area contributed by atoms with Crippen LogP contribution in [0.5, 0.6) is 0 Å². The van der Waals surface area contributed by atoms with E-state index in [-0.39, 0.29) is 12.0 Å². The van der Waals surface area contributed by atoms with Crippen molar-refractivity contribution in [1.82, 2.24) is 10.6 Å². The van der Waals surface area contributed by atoms with E-state index in [1.54, 1.807) is 5.94 Å². The first-order valence-corrected chi connectivity index (χ1v) is 10.9. The zero-order chi connectivity index (χ0) is 23.2. The average Bonchev–Trinajstić information content (AvgIpc) is 2.73. The third-order valence-electron chi connectivity index (χ3n) is 5.28. The Hall–Kier alpha value is -2.92. The Balaban J connectivity index is 1.54. The molecule has 1 atom stereocenters. The summed E-state index contributed by atoms with van der Waals surface area (Å²) in [5, 5.41) is 8.44. The van der Waals surface area contributed by atoms with E-state index in [1.807, 2.05) is 76.4 Å². The summed E-state index contributed by atoms with van der Waals surface area (Å²) in [4.78, 5) is 23.3. The van der Waals surface area contributed by atoms with Crippen molar-refractivity contribution >= 4 is 22.6 Å². The van der Waals surface area contributed by atoms with Crippen LogP contribution in [0.3, 0.4) is 0 Å². The molecule has 0 bridgehead atoms. The van der Waals surface area contributed by atoms with E-state index in [0.29, 0.717) is 26.0 Å². The van der Waals surface area contributed by atoms with Gasteiger partial charge in [-0.1, -0.05) is 42.5 Å². The number of carbonyl (C=O) groups excluding carboxylic acids is 2. The van der Waals surface area contributed by atoms with Crippen molar-refractivity contribution in [2.45, 2.75) is 57.8 Å². The van der Waals surface area contributed by atoms with Gasteiger partial charge in [0, 0.05) is 30.9 Å². The Bertz CT molecular complexity index is 1030. The van der Waals surface area contributed by atoms with E-state index in [0.717, 1.165) is 22.0 Å². The van der Waals surface area contributed by atoms with Crippen molar-refractivity contribution in [3.05, 3.63) is 66.0 Å². The van der Waals surface area contributed by atoms with Gasteiger partial charge >= 0.3 is 0 Å². The van der Waals surface area contributed by atoms with Gasteiger partial charge in [-0.25, -0.2) is 4.79 Å². The van der Waals surface area contributed by atoms with Crippen molar-refractivity contribution in [2.75, 3.05) is 13.2 Å². The van der Waals surface area contributed by atoms with Gasteiger partial charge in [0.2, 0.25) is 5.91 Å². The first-order valence-electron chi connectivity index (χ1n) is 10.9. The molecule has 1 amide bonds. The van der Waals surface area contributed by atoms with Gasteiger partial charge in [-0.15, -0.1) is 0 Å². The highest BCUT2D eigenvalue weighted by atomic mass is 16.6. The Morgan fingerprint density at radius 3 is 2.72 bits per heavy atom. The summed E-state index contributed by atoms with van der Waals surface area (Å²) >= 11 is 0. The lowest BCUT2D eigenvalue weighted by molar-refractivity contribution is -0.134. The number of fused-ring (bicyclic) bond motifs is 1. The van der Waals surface area contributed by atoms with Crippen LogP contribution in [0.1, 0.15) is 39.7 Å². The molecular weight excluding hydrogens is 404 g/mol. The molecule has 2 aromatic rings. The molecule has 6 nitrogen and oxygen atoms in total. The number of nitrogens with one attached hydrogen (secondary N) is 2. The van der Waals surface area contributed by atoms with Crippen LogP contribution < -0.4 is 10.6 Å². The van der Waals surface area contributed by atoms with Gasteiger partial charge in [0.15, 0.2) is 0 Å². The van der Waals surface area contributed by atoms with Crippen molar-refractivity contribution in [3.63, 3.8) is 0 Å². The molecule has 1 aliphatic heterocycles. The molecule has 0 spiro atoms. The van der Waals surface area contributed by atoms with Crippen molar-refractivity contribution < 1.29 is 19.1 Å². The molecule has 2 N–H and O–H groups in total. The second-order valence-corrected chi connectivity index (χ2v) is 9.30. The van der Waals surface area contributed by atoms with Gasteiger partial charge in [-0.2, -0.15) is 0 Å². The van der Waals surface area contributed by atoms with Gasteiger partial charge in [0.25, 0.3) is 0 Å². The summed E-state index contributed by atoms with van der Waals surface area (Å²) in [6.45, 7) is 8.48. The minimum absolute atomic E-state index is 0.0555. The number of carbonyl (C=O) groups is 1. The van der Waals surface area contributed by atoms with E-state index < -0.39 is 11.2 Å². The minimum atomic E-state index is -0.701. The fourth-order valence-corrected chi connectivity index (χ4v) is 3.73. The van der Waals surface area contributed by atoms with Crippen molar-refractivity contribution in [1.29, 1.82) is 0 Å². The van der Waals surface area contributed by atoms with Gasteiger partial charge in [-0.05, 0) is 44.0 Å². The second-order valence-electron chi connectivity index (χ2n) is 9.30. The molecule has 6 heteroatoms. The van der Waals surface area contributed by atoms with Crippen LogP contribution >= 0.6 is 0 Å². The summed E-state index contributed by atoms with van der Waals surface area (Å²) in [5.41, 5.74) is 0.541. The summed E-state index contributed by atoms with van der Waals surface area (Å²) < 4.78 is 12.1. The predicted octanol–water partition coefficient (Wildman–Crippen LogP) is 3.68. The van der Waals surface area contributed by atoms with Gasteiger partial charge in [-0.3, -0.25) is 4.79 Å². The number of benzene rings is 2. The summed E-state index contributed by atoms with van der Waals surface area (Å²) in [6, 6.07) is 14.1. The maximum Gasteiger partial charge on any atom is 0.228 e. The molecule has 170 valence electrons. The smallest absolute Gasteiger partial charge is 0.228 e. The number of amides is 1. The van der Waals surface area contributed by atoms with E-state index in [2.05, 4.69) is 10.6 Å². The molecule has 1 heterocycles. The van der Waals surface area contributed by atoms with Gasteiger partial charge in [0.05, 0.1) is 30.3 Å². The van der Waals surface area contributed by atoms with Crippen molar-refractivity contribution in [3.8, 4) is 0 Å². The molecule has 0 aromatic heterocycles. The van der Waals surface area contributed by atoms with Crippen LogP contribution in [-0.2, 0) is 25.5 Å². The van der Waals surface area contributed by atoms with Crippen LogP contribution in [0.2, 0.25) is 0 Å². The van der Waals surface area contributed by atoms with E-state index >= 15 is 0 Å². The maximum absolute atomic E-state index is 12.7. The van der Waals surface area contributed by atoms with Gasteiger partial charge < -0.3 is 20.1 Å². The summed E-state index contributed by atoms with van der Waals surface area (Å²) in [6.07, 6.45) is 3.98. The lowest BCUT2D eigenvalue weighted by atomic mass is 10.0. The predicted molar refractivity (Wildman–Crippen MR) is 126 cm³/mol. The summed E-state index contributed by atoms with van der Waals surface area (Å²) in [7, 11) is 0. The van der Waals surface area contributed by atoms with Crippen LogP contribution in [0.15, 0.2) is 60.4 Å². The Kier molecular flexibility index (Phi) is 7.52. The van der Waals surface area contributed by atoms with Gasteiger partial charge in [0.1, 0.15) is 5.94 Å². The molecule has 0 saturated carbocycles. The molecule has 1 aliphatic rings. The topological polar surface area (TPSA) is 76.7 Å². The molecule has 2 aromatic carbocycles. The van der Waals surface area contributed by atoms with E-state index in [9.17, 15) is 9.59 Å². The largest absolute Gasteiger partial charge is 0.387 e. The summed E-state index contributed by atoms with van der Waals surface area (Å²) in [5.74, 6) is 1.72. The van der Waals surface area contributed by atoms with Crippen LogP contribution in [0.25, 0.3) is 10.8 Å². The zero-order valence-corrected chi connectivity index (χ0v) is 19.2. The maximum atomic E-state index is 12.7. The van der Waals surface area contributed by atoms with Crippen LogP contribution in [0.4, 0.5) is 0 Å². The Morgan fingerprint density at radius 2 is 1.94 bits per heavy atom. The number of ether oxygens (including phenoxy) is 2.